The fraction of sp³-hybridized carbons (Fsp3) is 0.190. The molecular formula is C21H17FO9. The summed E-state index contributed by atoms with van der Waals surface area (Å²) in [6, 6.07) is 10.0. The lowest BCUT2D eigenvalue weighted by Gasteiger charge is -2.32. The average Bonchev–Trinajstić information content (AvgIpc) is 2.80. The van der Waals surface area contributed by atoms with Crippen molar-refractivity contribution in [1.29, 1.82) is 0 Å². The van der Waals surface area contributed by atoms with E-state index in [2.05, 4.69) is 4.94 Å². The first kappa shape index (κ1) is 20.7. The number of benzene rings is 2. The van der Waals surface area contributed by atoms with Gasteiger partial charge in [0.1, 0.15) is 23.7 Å². The van der Waals surface area contributed by atoms with Gasteiger partial charge in [0.15, 0.2) is 28.8 Å². The number of aliphatic hydroxyl groups is 4. The molecule has 3 atom stereocenters. The summed E-state index contributed by atoms with van der Waals surface area (Å²) in [5.74, 6) is -1.31. The highest BCUT2D eigenvalue weighted by atomic mass is 19.3. The molecule has 162 valence electrons. The molecule has 0 saturated carbocycles. The van der Waals surface area contributed by atoms with Crippen LogP contribution >= 0.6 is 0 Å². The van der Waals surface area contributed by atoms with E-state index < -0.39 is 36.6 Å². The highest BCUT2D eigenvalue weighted by Crippen LogP contribution is 2.28. The number of halogens is 1. The highest BCUT2D eigenvalue weighted by molar-refractivity contribution is 5.82. The van der Waals surface area contributed by atoms with E-state index in [-0.39, 0.29) is 33.5 Å². The minimum Gasteiger partial charge on any atom is -0.506 e. The molecule has 10 heteroatoms. The second-order valence-electron chi connectivity index (χ2n) is 6.75. The number of hydrogen-bond donors (Lipinski definition) is 4. The first-order valence-electron chi connectivity index (χ1n) is 9.10. The third-order valence-corrected chi connectivity index (χ3v) is 4.82. The van der Waals surface area contributed by atoms with Gasteiger partial charge in [-0.1, -0.05) is 12.1 Å². The van der Waals surface area contributed by atoms with Crippen LogP contribution in [0, 0.1) is 0 Å². The maximum Gasteiger partial charge on any atom is 0.234 e. The topological polar surface area (TPSA) is 139 Å². The van der Waals surface area contributed by atoms with Crippen molar-refractivity contribution >= 4 is 11.0 Å². The predicted molar refractivity (Wildman–Crippen MR) is 104 cm³/mol. The van der Waals surface area contributed by atoms with E-state index in [1.165, 1.54) is 48.7 Å². The van der Waals surface area contributed by atoms with Crippen molar-refractivity contribution in [2.75, 3.05) is 6.61 Å². The van der Waals surface area contributed by atoms with Gasteiger partial charge in [-0.3, -0.25) is 9.74 Å². The second kappa shape index (κ2) is 8.26. The molecule has 0 radical (unpaired) electrons. The molecule has 1 aromatic heterocycles. The number of fused-ring (bicyclic) bond motifs is 1. The van der Waals surface area contributed by atoms with Crippen LogP contribution in [-0.4, -0.2) is 45.5 Å². The summed E-state index contributed by atoms with van der Waals surface area (Å²) in [4.78, 5) is 16.5. The fourth-order valence-electron chi connectivity index (χ4n) is 3.17. The van der Waals surface area contributed by atoms with E-state index in [4.69, 9.17) is 13.9 Å². The Morgan fingerprint density at radius 1 is 1.03 bits per heavy atom. The summed E-state index contributed by atoms with van der Waals surface area (Å²) < 4.78 is 28.5. The Bertz CT molecular complexity index is 1190. The Hall–Kier alpha value is -3.60. The third-order valence-electron chi connectivity index (χ3n) is 4.82. The van der Waals surface area contributed by atoms with Gasteiger partial charge >= 0.3 is 0 Å². The first-order valence-corrected chi connectivity index (χ1v) is 9.10. The molecule has 2 aromatic carbocycles. The molecule has 2 heterocycles. The van der Waals surface area contributed by atoms with Crippen molar-refractivity contribution in [3.05, 3.63) is 70.5 Å². The summed E-state index contributed by atoms with van der Waals surface area (Å²) in [5.41, 5.74) is 0.615. The normalized spacial score (nSPS) is 21.3. The molecule has 0 aliphatic carbocycles. The average molecular weight is 432 g/mol. The summed E-state index contributed by atoms with van der Waals surface area (Å²) in [6.07, 6.45) is -3.12. The molecule has 4 rings (SSSR count). The van der Waals surface area contributed by atoms with Crippen molar-refractivity contribution < 1.29 is 43.8 Å². The van der Waals surface area contributed by atoms with Crippen LogP contribution in [0.15, 0.2) is 69.5 Å². The van der Waals surface area contributed by atoms with E-state index in [1.807, 2.05) is 0 Å². The standard InChI is InChI=1S/C21H17FO9/c22-31-11-3-1-10(2-4-11)14-9-28-15-7-12(5-6-13(15)17(14)24)29-21-20(27)19(26)18(25)16(8-23)30-21/h1-7,9,16,20-21,23,25-27H,8H2. The Labute approximate surface area is 173 Å². The lowest BCUT2D eigenvalue weighted by atomic mass is 10.1. The zero-order valence-electron chi connectivity index (χ0n) is 15.8. The second-order valence-corrected chi connectivity index (χ2v) is 6.75. The maximum atomic E-state index is 12.8. The van der Waals surface area contributed by atoms with Crippen molar-refractivity contribution in [3.63, 3.8) is 0 Å². The molecule has 31 heavy (non-hydrogen) atoms. The van der Waals surface area contributed by atoms with Gasteiger partial charge in [-0.15, -0.1) is 0 Å². The van der Waals surface area contributed by atoms with E-state index in [0.29, 0.717) is 5.56 Å². The molecule has 9 nitrogen and oxygen atoms in total. The summed E-state index contributed by atoms with van der Waals surface area (Å²) in [7, 11) is 0. The third kappa shape index (κ3) is 3.79. The number of aliphatic hydroxyl groups excluding tert-OH is 4. The minimum absolute atomic E-state index is 0.000439. The summed E-state index contributed by atoms with van der Waals surface area (Å²) in [6.45, 7) is -0.643. The van der Waals surface area contributed by atoms with E-state index in [1.54, 1.807) is 0 Å². The fourth-order valence-corrected chi connectivity index (χ4v) is 3.17. The van der Waals surface area contributed by atoms with Crippen LogP contribution in [-0.2, 0) is 4.74 Å². The zero-order chi connectivity index (χ0) is 22.1. The molecule has 3 aromatic rings. The van der Waals surface area contributed by atoms with Gasteiger partial charge in [0.2, 0.25) is 6.29 Å². The molecule has 4 N–H and O–H groups in total. The predicted octanol–water partition coefficient (Wildman–Crippen LogP) is 2.51. The van der Waals surface area contributed by atoms with Gasteiger partial charge in [0.05, 0.1) is 17.6 Å². The van der Waals surface area contributed by atoms with Gasteiger partial charge in [-0.25, -0.2) is 0 Å². The summed E-state index contributed by atoms with van der Waals surface area (Å²) >= 11 is 0. The smallest absolute Gasteiger partial charge is 0.234 e. The van der Waals surface area contributed by atoms with Crippen molar-refractivity contribution in [1.82, 2.24) is 0 Å². The molecule has 1 aliphatic heterocycles. The van der Waals surface area contributed by atoms with Gasteiger partial charge in [0, 0.05) is 10.6 Å². The van der Waals surface area contributed by atoms with Crippen LogP contribution in [0.5, 0.6) is 11.5 Å². The van der Waals surface area contributed by atoms with Crippen LogP contribution in [0.1, 0.15) is 0 Å². The molecule has 0 spiro atoms. The van der Waals surface area contributed by atoms with Crippen LogP contribution in [0.2, 0.25) is 0 Å². The monoisotopic (exact) mass is 432 g/mol. The van der Waals surface area contributed by atoms with Crippen LogP contribution < -0.4 is 15.1 Å². The minimum atomic E-state index is -1.69. The molecule has 3 unspecified atom stereocenters. The van der Waals surface area contributed by atoms with E-state index in [9.17, 15) is 29.7 Å². The first-order chi connectivity index (χ1) is 14.9. The Morgan fingerprint density at radius 2 is 1.74 bits per heavy atom. The van der Waals surface area contributed by atoms with Gasteiger partial charge in [0.25, 0.3) is 0 Å². The highest BCUT2D eigenvalue weighted by Gasteiger charge is 2.38. The zero-order valence-corrected chi connectivity index (χ0v) is 15.8. The SMILES string of the molecule is O=c1c(-c2ccc(OF)cc2)coc2cc(OC3OC(CO)C(O)=C(O)C3O)ccc12. The molecular weight excluding hydrogens is 415 g/mol. The van der Waals surface area contributed by atoms with E-state index >= 15 is 0 Å². The molecule has 0 bridgehead atoms. The Balaban J connectivity index is 1.62. The van der Waals surface area contributed by atoms with Gasteiger partial charge in [-0.2, -0.15) is 0 Å². The molecule has 0 amide bonds. The lowest BCUT2D eigenvalue weighted by Crippen LogP contribution is -2.45. The number of hydrogen-bond acceptors (Lipinski definition) is 9. The number of ether oxygens (including phenoxy) is 2. The largest absolute Gasteiger partial charge is 0.506 e. The number of rotatable bonds is 5. The molecule has 1 aliphatic rings. The van der Waals surface area contributed by atoms with Crippen molar-refractivity contribution in [3.8, 4) is 22.6 Å². The molecule has 0 saturated heterocycles. The van der Waals surface area contributed by atoms with Gasteiger partial charge < -0.3 is 34.3 Å². The van der Waals surface area contributed by atoms with Crippen LogP contribution in [0.4, 0.5) is 4.53 Å². The van der Waals surface area contributed by atoms with Crippen LogP contribution in [0.25, 0.3) is 22.1 Å². The quantitative estimate of drug-likeness (QED) is 0.479. The maximum absolute atomic E-state index is 12.8. The van der Waals surface area contributed by atoms with Gasteiger partial charge in [-0.05, 0) is 29.8 Å². The van der Waals surface area contributed by atoms with Crippen LogP contribution in [0.3, 0.4) is 0 Å². The van der Waals surface area contributed by atoms with Crippen molar-refractivity contribution in [2.24, 2.45) is 0 Å². The Morgan fingerprint density at radius 3 is 2.42 bits per heavy atom. The van der Waals surface area contributed by atoms with Crippen molar-refractivity contribution in [2.45, 2.75) is 18.5 Å². The summed E-state index contributed by atoms with van der Waals surface area (Å²) in [5, 5.41) is 39.0. The lowest BCUT2D eigenvalue weighted by molar-refractivity contribution is -0.192. The Kier molecular flexibility index (Phi) is 5.51. The van der Waals surface area contributed by atoms with E-state index in [0.717, 1.165) is 0 Å². The molecule has 0 fully saturated rings.